The van der Waals surface area contributed by atoms with Gasteiger partial charge in [-0.25, -0.2) is 0 Å². The van der Waals surface area contributed by atoms with Crippen LogP contribution in [0, 0.1) is 0 Å². The zero-order valence-electron chi connectivity index (χ0n) is 20.8. The van der Waals surface area contributed by atoms with Gasteiger partial charge in [-0.15, -0.1) is 0 Å². The molecular formula is C31H37N3O. The molecule has 1 atom stereocenters. The molecular weight excluding hydrogens is 430 g/mol. The summed E-state index contributed by atoms with van der Waals surface area (Å²) in [5, 5.41) is 3.27. The van der Waals surface area contributed by atoms with E-state index >= 15 is 0 Å². The van der Waals surface area contributed by atoms with Crippen molar-refractivity contribution in [3.63, 3.8) is 0 Å². The molecule has 1 unspecified atom stereocenters. The molecule has 4 heteroatoms. The molecule has 4 aliphatic rings. The number of carbonyl (C=O) groups excluding carboxylic acids is 1. The fourth-order valence-electron chi connectivity index (χ4n) is 6.64. The number of likely N-dealkylation sites (tertiary alicyclic amines) is 1. The number of hydrogen-bond acceptors (Lipinski definition) is 3. The number of fused-ring (bicyclic) bond motifs is 2. The summed E-state index contributed by atoms with van der Waals surface area (Å²) in [5.74, 6) is 0.728. The van der Waals surface area contributed by atoms with Crippen LogP contribution in [-0.4, -0.2) is 34.8 Å². The Balaban J connectivity index is 1.08. The SMILES string of the molecule is C=C1CCC(N2Cc3cc(C4CCN(Cc5ccc6c(c5)CCCC6)CC4)ccc3C2=O)C(=C)N1. The predicted molar refractivity (Wildman–Crippen MR) is 141 cm³/mol. The van der Waals surface area contributed by atoms with E-state index in [9.17, 15) is 4.79 Å². The molecule has 0 radical (unpaired) electrons. The van der Waals surface area contributed by atoms with Crippen molar-refractivity contribution in [2.75, 3.05) is 13.1 Å². The summed E-state index contributed by atoms with van der Waals surface area (Å²) in [4.78, 5) is 17.8. The fraction of sp³-hybridized carbons (Fsp3) is 0.452. The largest absolute Gasteiger partial charge is 0.362 e. The van der Waals surface area contributed by atoms with Crippen LogP contribution in [0.4, 0.5) is 0 Å². The van der Waals surface area contributed by atoms with Gasteiger partial charge in [-0.2, -0.15) is 0 Å². The van der Waals surface area contributed by atoms with E-state index in [4.69, 9.17) is 0 Å². The van der Waals surface area contributed by atoms with Gasteiger partial charge in [0, 0.05) is 30.0 Å². The number of rotatable bonds is 4. The predicted octanol–water partition coefficient (Wildman–Crippen LogP) is 5.68. The molecule has 2 aromatic rings. The lowest BCUT2D eigenvalue weighted by molar-refractivity contribution is 0.0711. The van der Waals surface area contributed by atoms with Crippen molar-refractivity contribution in [2.45, 2.75) is 76.4 Å². The molecule has 35 heavy (non-hydrogen) atoms. The maximum atomic E-state index is 13.1. The van der Waals surface area contributed by atoms with Crippen LogP contribution in [0.3, 0.4) is 0 Å². The number of amides is 1. The van der Waals surface area contributed by atoms with E-state index in [-0.39, 0.29) is 11.9 Å². The number of carbonyl (C=O) groups is 1. The minimum absolute atomic E-state index is 0.0516. The minimum Gasteiger partial charge on any atom is -0.362 e. The van der Waals surface area contributed by atoms with Crippen molar-refractivity contribution >= 4 is 5.91 Å². The molecule has 0 aromatic heterocycles. The zero-order valence-corrected chi connectivity index (χ0v) is 20.8. The van der Waals surface area contributed by atoms with Crippen LogP contribution in [0.1, 0.15) is 82.6 Å². The first kappa shape index (κ1) is 22.6. The van der Waals surface area contributed by atoms with E-state index in [2.05, 4.69) is 59.8 Å². The van der Waals surface area contributed by atoms with Gasteiger partial charge in [0.2, 0.25) is 0 Å². The maximum Gasteiger partial charge on any atom is 0.255 e. The van der Waals surface area contributed by atoms with Crippen molar-refractivity contribution < 1.29 is 4.79 Å². The standard InChI is InChI=1S/C31H37N3O/c1-21-7-12-30(22(2)32-21)34-20-28-18-27(10-11-29(28)31(34)35)25-13-15-33(16-14-25)19-23-8-9-24-5-3-4-6-26(24)17-23/h8-11,17-18,25,30,32H,1-7,12-16,19-20H2. The average molecular weight is 468 g/mol. The zero-order chi connectivity index (χ0) is 23.9. The van der Waals surface area contributed by atoms with Crippen molar-refractivity contribution in [2.24, 2.45) is 0 Å². The Morgan fingerprint density at radius 2 is 1.69 bits per heavy atom. The van der Waals surface area contributed by atoms with Gasteiger partial charge in [0.15, 0.2) is 0 Å². The second kappa shape index (κ2) is 9.31. The van der Waals surface area contributed by atoms with Crippen LogP contribution in [-0.2, 0) is 25.9 Å². The Morgan fingerprint density at radius 1 is 0.886 bits per heavy atom. The van der Waals surface area contributed by atoms with Crippen LogP contribution in [0.2, 0.25) is 0 Å². The van der Waals surface area contributed by atoms with Crippen molar-refractivity contribution in [3.8, 4) is 0 Å². The third kappa shape index (κ3) is 4.45. The molecule has 0 saturated carbocycles. The second-order valence-electron chi connectivity index (χ2n) is 11.0. The molecule has 2 saturated heterocycles. The third-order valence-corrected chi connectivity index (χ3v) is 8.67. The van der Waals surface area contributed by atoms with Gasteiger partial charge in [-0.1, -0.05) is 43.5 Å². The van der Waals surface area contributed by atoms with Gasteiger partial charge in [0.1, 0.15) is 0 Å². The highest BCUT2D eigenvalue weighted by Gasteiger charge is 2.36. The average Bonchev–Trinajstić information content (AvgIpc) is 3.20. The second-order valence-corrected chi connectivity index (χ2v) is 11.0. The van der Waals surface area contributed by atoms with Crippen molar-refractivity contribution in [1.82, 2.24) is 15.1 Å². The summed E-state index contributed by atoms with van der Waals surface area (Å²) in [6.45, 7) is 12.2. The highest BCUT2D eigenvalue weighted by molar-refractivity contribution is 5.98. The number of allylic oxidation sites excluding steroid dienone is 1. The summed E-state index contributed by atoms with van der Waals surface area (Å²) in [6, 6.07) is 13.8. The number of piperidine rings is 2. The van der Waals surface area contributed by atoms with Crippen molar-refractivity contribution in [3.05, 3.63) is 94.3 Å². The Hall–Kier alpha value is -2.85. The molecule has 1 amide bonds. The third-order valence-electron chi connectivity index (χ3n) is 8.67. The van der Waals surface area contributed by atoms with E-state index in [0.717, 1.165) is 49.4 Å². The molecule has 2 aromatic carbocycles. The summed E-state index contributed by atoms with van der Waals surface area (Å²) in [7, 11) is 0. The Labute approximate surface area is 209 Å². The van der Waals surface area contributed by atoms with E-state index in [1.807, 2.05) is 4.90 Å². The molecule has 182 valence electrons. The summed E-state index contributed by atoms with van der Waals surface area (Å²) < 4.78 is 0. The van der Waals surface area contributed by atoms with Crippen molar-refractivity contribution in [1.29, 1.82) is 0 Å². The van der Waals surface area contributed by atoms with Crippen LogP contribution >= 0.6 is 0 Å². The number of hydrogen-bond donors (Lipinski definition) is 1. The molecule has 3 aliphatic heterocycles. The van der Waals surface area contributed by atoms with Gasteiger partial charge >= 0.3 is 0 Å². The normalized spacial score (nSPS) is 23.3. The quantitative estimate of drug-likeness (QED) is 0.628. The molecule has 2 fully saturated rings. The van der Waals surface area contributed by atoms with Gasteiger partial charge in [0.25, 0.3) is 5.91 Å². The molecule has 1 aliphatic carbocycles. The van der Waals surface area contributed by atoms with E-state index in [1.165, 1.54) is 55.2 Å². The Kier molecular flexibility index (Phi) is 6.01. The van der Waals surface area contributed by atoms with Gasteiger partial charge < -0.3 is 10.2 Å². The number of nitrogens with zero attached hydrogens (tertiary/aromatic N) is 2. The molecule has 6 rings (SSSR count). The number of aryl methyl sites for hydroxylation is 2. The summed E-state index contributed by atoms with van der Waals surface area (Å²) in [5.41, 5.74) is 9.98. The van der Waals surface area contributed by atoms with E-state index in [1.54, 1.807) is 11.1 Å². The Morgan fingerprint density at radius 3 is 2.49 bits per heavy atom. The smallest absolute Gasteiger partial charge is 0.255 e. The Bertz CT molecular complexity index is 1170. The van der Waals surface area contributed by atoms with Gasteiger partial charge in [-0.05, 0) is 104 Å². The highest BCUT2D eigenvalue weighted by atomic mass is 16.2. The van der Waals surface area contributed by atoms with E-state index < -0.39 is 0 Å². The van der Waals surface area contributed by atoms with E-state index in [0.29, 0.717) is 12.5 Å². The first-order chi connectivity index (χ1) is 17.0. The van der Waals surface area contributed by atoms with Gasteiger partial charge in [-0.3, -0.25) is 9.69 Å². The van der Waals surface area contributed by atoms with Crippen LogP contribution in [0.5, 0.6) is 0 Å². The monoisotopic (exact) mass is 467 g/mol. The minimum atomic E-state index is 0.0516. The first-order valence-corrected chi connectivity index (χ1v) is 13.5. The lowest BCUT2D eigenvalue weighted by Gasteiger charge is -2.34. The van der Waals surface area contributed by atoms with Gasteiger partial charge in [0.05, 0.1) is 6.04 Å². The molecule has 1 N–H and O–H groups in total. The lowest BCUT2D eigenvalue weighted by Crippen LogP contribution is -2.43. The lowest BCUT2D eigenvalue weighted by atomic mass is 9.87. The topological polar surface area (TPSA) is 35.6 Å². The molecule has 0 bridgehead atoms. The van der Waals surface area contributed by atoms with Crippen LogP contribution < -0.4 is 5.32 Å². The van der Waals surface area contributed by atoms with Crippen LogP contribution in [0.25, 0.3) is 0 Å². The van der Waals surface area contributed by atoms with Crippen LogP contribution in [0.15, 0.2) is 61.0 Å². The number of nitrogens with one attached hydrogen (secondary N) is 1. The highest BCUT2D eigenvalue weighted by Crippen LogP contribution is 2.35. The molecule has 4 nitrogen and oxygen atoms in total. The summed E-state index contributed by atoms with van der Waals surface area (Å²) in [6.07, 6.45) is 9.36. The number of benzene rings is 2. The molecule has 3 heterocycles. The maximum absolute atomic E-state index is 13.1. The summed E-state index contributed by atoms with van der Waals surface area (Å²) >= 11 is 0. The first-order valence-electron chi connectivity index (χ1n) is 13.5. The fourth-order valence-corrected chi connectivity index (χ4v) is 6.64. The molecule has 0 spiro atoms.